The predicted molar refractivity (Wildman–Crippen MR) is 76.1 cm³/mol. The first kappa shape index (κ1) is 16.9. The zero-order valence-electron chi connectivity index (χ0n) is 11.5. The molecule has 0 radical (unpaired) electrons. The molecule has 0 amide bonds. The fourth-order valence-electron chi connectivity index (χ4n) is 1.61. The minimum Gasteiger partial charge on any atom is -0.258 e. The molecule has 0 heterocycles. The third-order valence-electron chi connectivity index (χ3n) is 2.80. The molecular weight excluding hydrogens is 298 g/mol. The van der Waals surface area contributed by atoms with Crippen LogP contribution in [0.15, 0.2) is 34.3 Å². The maximum atomic E-state index is 12.3. The summed E-state index contributed by atoms with van der Waals surface area (Å²) in [5.74, 6) is -0.145. The van der Waals surface area contributed by atoms with E-state index in [0.717, 1.165) is 12.1 Å². The lowest BCUT2D eigenvalue weighted by molar-refractivity contribution is -0.387. The molecule has 1 aromatic carbocycles. The van der Waals surface area contributed by atoms with E-state index in [0.29, 0.717) is 0 Å². The summed E-state index contributed by atoms with van der Waals surface area (Å²) in [4.78, 5) is 12.3. The molecule has 0 bridgehead atoms. The topological polar surface area (TPSA) is 138 Å². The second kappa shape index (κ2) is 7.02. The summed E-state index contributed by atoms with van der Waals surface area (Å²) in [5.41, 5.74) is 7.82. The van der Waals surface area contributed by atoms with E-state index in [1.54, 1.807) is 13.8 Å². The first-order chi connectivity index (χ1) is 9.79. The lowest BCUT2D eigenvalue weighted by atomic mass is 10.1. The van der Waals surface area contributed by atoms with Crippen LogP contribution in [0.25, 0.3) is 10.4 Å². The number of nitrogens with zero attached hydrogens (tertiary/aromatic N) is 4. The molecule has 1 rings (SSSR count). The van der Waals surface area contributed by atoms with Crippen LogP contribution in [0.3, 0.4) is 0 Å². The van der Waals surface area contributed by atoms with Gasteiger partial charge in [-0.25, -0.2) is 13.1 Å². The average Bonchev–Trinajstić information content (AvgIpc) is 2.43. The monoisotopic (exact) mass is 313 g/mol. The van der Waals surface area contributed by atoms with Gasteiger partial charge < -0.3 is 0 Å². The number of azide groups is 1. The molecule has 0 aromatic heterocycles. The minimum absolute atomic E-state index is 0.0754. The van der Waals surface area contributed by atoms with Crippen molar-refractivity contribution in [3.8, 4) is 0 Å². The molecule has 10 heteroatoms. The molecule has 114 valence electrons. The van der Waals surface area contributed by atoms with Crippen LogP contribution in [0.5, 0.6) is 0 Å². The first-order valence-electron chi connectivity index (χ1n) is 6.06. The SMILES string of the molecule is CC(C)C(CN=[N+]=[N-])NS(=O)(=O)c1ccccc1[N+](=O)[O-]. The zero-order valence-corrected chi connectivity index (χ0v) is 12.3. The number of nitro benzene ring substituents is 1. The van der Waals surface area contributed by atoms with Crippen LogP contribution in [0.2, 0.25) is 0 Å². The highest BCUT2D eigenvalue weighted by Gasteiger charge is 2.28. The summed E-state index contributed by atoms with van der Waals surface area (Å²) in [6.07, 6.45) is 0. The maximum Gasteiger partial charge on any atom is 0.289 e. The quantitative estimate of drug-likeness (QED) is 0.271. The van der Waals surface area contributed by atoms with E-state index >= 15 is 0 Å². The van der Waals surface area contributed by atoms with Crippen LogP contribution >= 0.6 is 0 Å². The van der Waals surface area contributed by atoms with Crippen molar-refractivity contribution in [2.24, 2.45) is 11.0 Å². The van der Waals surface area contributed by atoms with Gasteiger partial charge in [0.25, 0.3) is 5.69 Å². The molecule has 0 aliphatic heterocycles. The van der Waals surface area contributed by atoms with Crippen LogP contribution in [0.1, 0.15) is 13.8 Å². The number of para-hydroxylation sites is 1. The third kappa shape index (κ3) is 4.42. The van der Waals surface area contributed by atoms with Crippen molar-refractivity contribution in [2.75, 3.05) is 6.54 Å². The molecule has 0 aliphatic rings. The van der Waals surface area contributed by atoms with Gasteiger partial charge in [-0.3, -0.25) is 10.1 Å². The van der Waals surface area contributed by atoms with E-state index in [-0.39, 0.29) is 12.5 Å². The third-order valence-corrected chi connectivity index (χ3v) is 4.34. The number of hydrogen-bond acceptors (Lipinski definition) is 5. The number of benzene rings is 1. The molecule has 1 aromatic rings. The van der Waals surface area contributed by atoms with E-state index in [1.165, 1.54) is 12.1 Å². The Labute approximate surface area is 121 Å². The van der Waals surface area contributed by atoms with Gasteiger partial charge in [-0.15, -0.1) is 0 Å². The van der Waals surface area contributed by atoms with E-state index in [2.05, 4.69) is 14.7 Å². The molecule has 1 N–H and O–H groups in total. The zero-order chi connectivity index (χ0) is 16.0. The van der Waals surface area contributed by atoms with Crippen LogP contribution in [-0.4, -0.2) is 25.9 Å². The van der Waals surface area contributed by atoms with Crippen LogP contribution < -0.4 is 4.72 Å². The lowest BCUT2D eigenvalue weighted by Gasteiger charge is -2.20. The van der Waals surface area contributed by atoms with Gasteiger partial charge in [-0.2, -0.15) is 0 Å². The Bertz CT molecular complexity index is 667. The largest absolute Gasteiger partial charge is 0.289 e. The van der Waals surface area contributed by atoms with E-state index in [1.807, 2.05) is 0 Å². The highest BCUT2D eigenvalue weighted by Crippen LogP contribution is 2.23. The van der Waals surface area contributed by atoms with Crippen molar-refractivity contribution in [3.63, 3.8) is 0 Å². The van der Waals surface area contributed by atoms with Gasteiger partial charge in [0.2, 0.25) is 10.0 Å². The van der Waals surface area contributed by atoms with Gasteiger partial charge in [-0.1, -0.05) is 31.1 Å². The highest BCUT2D eigenvalue weighted by molar-refractivity contribution is 7.89. The number of sulfonamides is 1. The second-order valence-electron chi connectivity index (χ2n) is 4.61. The molecule has 1 atom stereocenters. The molecule has 21 heavy (non-hydrogen) atoms. The Morgan fingerprint density at radius 2 is 2.05 bits per heavy atom. The molecule has 0 saturated carbocycles. The normalized spacial score (nSPS) is 12.7. The summed E-state index contributed by atoms with van der Waals surface area (Å²) in [7, 11) is -4.09. The molecule has 1 unspecified atom stereocenters. The molecular formula is C11H15N5O4S. The van der Waals surface area contributed by atoms with Gasteiger partial charge >= 0.3 is 0 Å². The van der Waals surface area contributed by atoms with Crippen LogP contribution in [0, 0.1) is 16.0 Å². The molecule has 0 spiro atoms. The molecule has 0 fully saturated rings. The lowest BCUT2D eigenvalue weighted by Crippen LogP contribution is -2.40. The van der Waals surface area contributed by atoms with Crippen molar-refractivity contribution in [1.29, 1.82) is 0 Å². The average molecular weight is 313 g/mol. The Hall–Kier alpha value is -2.16. The van der Waals surface area contributed by atoms with Gasteiger partial charge in [-0.05, 0) is 17.5 Å². The van der Waals surface area contributed by atoms with Gasteiger partial charge in [0.15, 0.2) is 4.90 Å². The predicted octanol–water partition coefficient (Wildman–Crippen LogP) is 2.21. The second-order valence-corrected chi connectivity index (χ2v) is 6.29. The van der Waals surface area contributed by atoms with Crippen molar-refractivity contribution in [1.82, 2.24) is 4.72 Å². The summed E-state index contributed by atoms with van der Waals surface area (Å²) < 4.78 is 26.9. The molecule has 0 aliphatic carbocycles. The Morgan fingerprint density at radius 3 is 2.57 bits per heavy atom. The molecule has 9 nitrogen and oxygen atoms in total. The number of nitro groups is 1. The Balaban J connectivity index is 3.16. The summed E-state index contributed by atoms with van der Waals surface area (Å²) >= 11 is 0. The van der Waals surface area contributed by atoms with E-state index in [9.17, 15) is 18.5 Å². The van der Waals surface area contributed by atoms with Crippen molar-refractivity contribution in [3.05, 3.63) is 44.8 Å². The van der Waals surface area contributed by atoms with Crippen molar-refractivity contribution < 1.29 is 13.3 Å². The van der Waals surface area contributed by atoms with Crippen LogP contribution in [0.4, 0.5) is 5.69 Å². The minimum atomic E-state index is -4.09. The summed E-state index contributed by atoms with van der Waals surface area (Å²) in [6, 6.07) is 4.42. The van der Waals surface area contributed by atoms with Crippen molar-refractivity contribution in [2.45, 2.75) is 24.8 Å². The standard InChI is InChI=1S/C11H15N5O4S/c1-8(2)9(7-13-15-12)14-21(19,20)11-6-4-3-5-10(11)16(17)18/h3-6,8-9,14H,7H2,1-2H3. The Morgan fingerprint density at radius 1 is 1.43 bits per heavy atom. The molecule has 0 saturated heterocycles. The van der Waals surface area contributed by atoms with Gasteiger partial charge in [0.1, 0.15) is 0 Å². The van der Waals surface area contributed by atoms with Crippen molar-refractivity contribution >= 4 is 15.7 Å². The fraction of sp³-hybridized carbons (Fsp3) is 0.455. The smallest absolute Gasteiger partial charge is 0.258 e. The maximum absolute atomic E-state index is 12.3. The number of hydrogen-bond donors (Lipinski definition) is 1. The van der Waals surface area contributed by atoms with E-state index in [4.69, 9.17) is 5.53 Å². The van der Waals surface area contributed by atoms with Gasteiger partial charge in [0.05, 0.1) is 4.92 Å². The summed E-state index contributed by atoms with van der Waals surface area (Å²) in [5, 5.41) is 14.3. The highest BCUT2D eigenvalue weighted by atomic mass is 32.2. The summed E-state index contributed by atoms with van der Waals surface area (Å²) in [6.45, 7) is 3.42. The first-order valence-corrected chi connectivity index (χ1v) is 7.54. The van der Waals surface area contributed by atoms with Crippen LogP contribution in [-0.2, 0) is 10.0 Å². The Kier molecular flexibility index (Phi) is 5.65. The van der Waals surface area contributed by atoms with E-state index < -0.39 is 31.6 Å². The van der Waals surface area contributed by atoms with Gasteiger partial charge in [0, 0.05) is 23.6 Å². The number of nitrogens with one attached hydrogen (secondary N) is 1. The fourth-order valence-corrected chi connectivity index (χ4v) is 3.15. The number of rotatable bonds is 7.